The molecule has 0 aromatic carbocycles. The predicted octanol–water partition coefficient (Wildman–Crippen LogP) is 0.637. The smallest absolute Gasteiger partial charge is 0.320 e. The van der Waals surface area contributed by atoms with E-state index in [0.717, 1.165) is 19.4 Å². The normalized spacial score (nSPS) is 41.5. The maximum absolute atomic E-state index is 16.5. The second kappa shape index (κ2) is 13.0. The van der Waals surface area contributed by atoms with Crippen LogP contribution >= 0.6 is 0 Å². The number of carbonyl (C=O) groups excluding carboxylic acids is 2. The van der Waals surface area contributed by atoms with E-state index in [2.05, 4.69) is 75.5 Å². The summed E-state index contributed by atoms with van der Waals surface area (Å²) >= 11 is 0. The van der Waals surface area contributed by atoms with Crippen molar-refractivity contribution in [2.45, 2.75) is 101 Å². The van der Waals surface area contributed by atoms with E-state index in [1.54, 1.807) is 4.90 Å². The van der Waals surface area contributed by atoms with Crippen molar-refractivity contribution in [1.82, 2.24) is 46.6 Å². The Hall–Kier alpha value is -2.60. The summed E-state index contributed by atoms with van der Waals surface area (Å²) in [5.74, 6) is 0.126. The van der Waals surface area contributed by atoms with E-state index in [0.29, 0.717) is 38.5 Å². The molecule has 2 bridgehead atoms. The van der Waals surface area contributed by atoms with Gasteiger partial charge in [0.25, 0.3) is 0 Å². The van der Waals surface area contributed by atoms with Crippen LogP contribution in [-0.4, -0.2) is 119 Å². The summed E-state index contributed by atoms with van der Waals surface area (Å²) in [4.78, 5) is 33.1. The van der Waals surface area contributed by atoms with Crippen molar-refractivity contribution in [3.05, 3.63) is 24.8 Å². The molecule has 6 aliphatic rings. The summed E-state index contributed by atoms with van der Waals surface area (Å²) in [6.07, 6.45) is 6.03. The molecule has 0 aromatic rings. The second-order valence-electron chi connectivity index (χ2n) is 13.8. The highest BCUT2D eigenvalue weighted by Gasteiger charge is 2.57. The Morgan fingerprint density at radius 2 is 2.09 bits per heavy atom. The highest BCUT2D eigenvalue weighted by atomic mass is 19.1. The van der Waals surface area contributed by atoms with Gasteiger partial charge in [-0.25, -0.2) is 19.6 Å². The molecule has 242 valence electrons. The van der Waals surface area contributed by atoms with Gasteiger partial charge in [-0.1, -0.05) is 32.6 Å². The summed E-state index contributed by atoms with van der Waals surface area (Å²) in [6.45, 7) is 13.1. The van der Waals surface area contributed by atoms with Gasteiger partial charge in [0, 0.05) is 44.2 Å². The molecule has 11 unspecified atom stereocenters. The molecule has 0 aliphatic carbocycles. The molecule has 5 N–H and O–H groups in total. The molecule has 6 heterocycles. The quantitative estimate of drug-likeness (QED) is 0.229. The van der Waals surface area contributed by atoms with Crippen molar-refractivity contribution in [3.63, 3.8) is 0 Å². The fraction of sp³-hybridized carbons (Fsp3) is 0.774. The average Bonchev–Trinajstić information content (AvgIpc) is 3.47. The number of amides is 3. The fourth-order valence-corrected chi connectivity index (χ4v) is 8.81. The lowest BCUT2D eigenvalue weighted by Gasteiger charge is -2.60. The van der Waals surface area contributed by atoms with Gasteiger partial charge in [0.15, 0.2) is 0 Å². The van der Waals surface area contributed by atoms with E-state index < -0.39 is 18.4 Å². The summed E-state index contributed by atoms with van der Waals surface area (Å²) in [5.41, 5.74) is 6.43. The van der Waals surface area contributed by atoms with Crippen LogP contribution in [0.25, 0.3) is 0 Å². The Labute approximate surface area is 260 Å². The van der Waals surface area contributed by atoms with E-state index >= 15 is 4.39 Å². The first-order chi connectivity index (χ1) is 21.2. The molecule has 13 heteroatoms. The molecule has 0 spiro atoms. The number of nitriles is 1. The maximum Gasteiger partial charge on any atom is 0.320 e. The van der Waals surface area contributed by atoms with Crippen LogP contribution in [0.1, 0.15) is 46.5 Å². The third-order valence-electron chi connectivity index (χ3n) is 10.9. The zero-order valence-electron chi connectivity index (χ0n) is 26.2. The summed E-state index contributed by atoms with van der Waals surface area (Å²) in [6, 6.07) is 1.09. The number of alkyl halides is 1. The first-order valence-electron chi connectivity index (χ1n) is 16.4. The van der Waals surface area contributed by atoms with Crippen molar-refractivity contribution in [2.75, 3.05) is 32.7 Å². The van der Waals surface area contributed by atoms with Gasteiger partial charge >= 0.3 is 6.03 Å². The number of piperidine rings is 2. The minimum Gasteiger partial charge on any atom is -0.332 e. The number of hydrazine groups is 2. The van der Waals surface area contributed by atoms with Gasteiger partial charge in [-0.05, 0) is 50.6 Å². The largest absolute Gasteiger partial charge is 0.332 e. The second-order valence-corrected chi connectivity index (χ2v) is 13.8. The molecule has 6 aliphatic heterocycles. The van der Waals surface area contributed by atoms with Crippen LogP contribution in [0.3, 0.4) is 0 Å². The number of carbonyl (C=O) groups is 2. The van der Waals surface area contributed by atoms with Crippen LogP contribution in [0.4, 0.5) is 9.18 Å². The lowest BCUT2D eigenvalue weighted by Crippen LogP contribution is -2.80. The summed E-state index contributed by atoms with van der Waals surface area (Å²) in [5, 5.41) is 22.5. The van der Waals surface area contributed by atoms with Crippen molar-refractivity contribution >= 4 is 11.9 Å². The molecule has 0 saturated carbocycles. The number of rotatable bonds is 4. The number of hydrogen-bond donors (Lipinski definition) is 5. The average molecular weight is 613 g/mol. The minimum atomic E-state index is -1.13. The summed E-state index contributed by atoms with van der Waals surface area (Å²) in [7, 11) is 0. The van der Waals surface area contributed by atoms with E-state index in [9.17, 15) is 14.9 Å². The molecule has 6 rings (SSSR count). The number of urea groups is 1. The van der Waals surface area contributed by atoms with Crippen molar-refractivity contribution < 1.29 is 14.0 Å². The third-order valence-corrected chi connectivity index (χ3v) is 10.9. The molecule has 44 heavy (non-hydrogen) atoms. The first-order valence-corrected chi connectivity index (χ1v) is 16.4. The number of allylic oxidation sites excluding steroid dienone is 1. The van der Waals surface area contributed by atoms with Gasteiger partial charge in [-0.15, -0.1) is 0 Å². The predicted molar refractivity (Wildman–Crippen MR) is 164 cm³/mol. The topological polar surface area (TPSA) is 131 Å². The van der Waals surface area contributed by atoms with Crippen LogP contribution < -0.4 is 26.9 Å². The van der Waals surface area contributed by atoms with Crippen LogP contribution in [0, 0.1) is 29.1 Å². The number of nitrogens with zero attached hydrogens (tertiary/aromatic N) is 5. The Balaban J connectivity index is 1.38. The van der Waals surface area contributed by atoms with Crippen LogP contribution in [0.2, 0.25) is 0 Å². The fourth-order valence-electron chi connectivity index (χ4n) is 8.81. The Kier molecular flexibility index (Phi) is 9.29. The van der Waals surface area contributed by atoms with Gasteiger partial charge in [0.05, 0.1) is 49.0 Å². The number of hydrogen-bond acceptors (Lipinski definition) is 9. The van der Waals surface area contributed by atoms with Gasteiger partial charge in [-0.2, -0.15) is 10.8 Å². The molecule has 5 fully saturated rings. The highest BCUT2D eigenvalue weighted by Crippen LogP contribution is 2.40. The van der Waals surface area contributed by atoms with Gasteiger partial charge in [0.1, 0.15) is 6.17 Å². The third kappa shape index (κ3) is 5.65. The monoisotopic (exact) mass is 612 g/mol. The Morgan fingerprint density at radius 3 is 2.84 bits per heavy atom. The molecule has 11 atom stereocenters. The molecular weight excluding hydrogens is 563 g/mol. The molecular formula is C31H49FN10O2. The Morgan fingerprint density at radius 1 is 1.27 bits per heavy atom. The number of fused-ring (bicyclic) bond motifs is 5. The van der Waals surface area contributed by atoms with E-state index in [1.165, 1.54) is 6.08 Å². The number of piperazine rings is 1. The molecule has 12 nitrogen and oxygen atoms in total. The number of halogens is 1. The van der Waals surface area contributed by atoms with Crippen LogP contribution in [0.5, 0.6) is 0 Å². The van der Waals surface area contributed by atoms with Gasteiger partial charge in [-0.3, -0.25) is 15.0 Å². The summed E-state index contributed by atoms with van der Waals surface area (Å²) < 4.78 is 16.5. The van der Waals surface area contributed by atoms with Crippen LogP contribution in [0.15, 0.2) is 24.8 Å². The standard InChI is InChI=1S/C31H49FN10O2/c1-5-25(43)40-16-19(4)39(17-21(40)9-11-33)29-22-14-23(32)27-24-15-35-38-41(24)13-7-6-8-20-10-12-34-26(18(2)3)28(20)42(30(22)36-27)31(44)37-29/h5-7,18-24,26-30,34-36,38H,1,8-10,12-17H2,2-4H3,(H,37,44). The SMILES string of the molecule is C=CC(=O)N1CC(C)N(C2NC(=O)N3C4NC(C(F)CC24)C2CNNN2CC=CCC2CCNC(C(C)C)C23)CC1CC#N. The molecule has 0 radical (unpaired) electrons. The van der Waals surface area contributed by atoms with Crippen molar-refractivity contribution in [1.29, 1.82) is 5.26 Å². The molecule has 0 aromatic heterocycles. The van der Waals surface area contributed by atoms with Crippen molar-refractivity contribution in [3.8, 4) is 6.07 Å². The Bertz CT molecular complexity index is 1160. The van der Waals surface area contributed by atoms with Gasteiger partial charge < -0.3 is 20.4 Å². The molecule has 5 saturated heterocycles. The van der Waals surface area contributed by atoms with Gasteiger partial charge in [0.2, 0.25) is 5.91 Å². The zero-order chi connectivity index (χ0) is 31.1. The zero-order valence-corrected chi connectivity index (χ0v) is 26.2. The van der Waals surface area contributed by atoms with E-state index in [4.69, 9.17) is 0 Å². The van der Waals surface area contributed by atoms with E-state index in [-0.39, 0.29) is 66.6 Å². The number of nitrogens with one attached hydrogen (secondary N) is 5. The minimum absolute atomic E-state index is 0.0626. The van der Waals surface area contributed by atoms with Crippen molar-refractivity contribution in [2.24, 2.45) is 17.8 Å². The first kappa shape index (κ1) is 31.4. The lowest BCUT2D eigenvalue weighted by atomic mass is 9.76. The highest BCUT2D eigenvalue weighted by molar-refractivity contribution is 5.87. The molecule has 3 amide bonds. The maximum atomic E-state index is 16.5. The van der Waals surface area contributed by atoms with E-state index in [1.807, 2.05) is 11.8 Å². The van der Waals surface area contributed by atoms with Crippen LogP contribution in [-0.2, 0) is 4.79 Å². The lowest BCUT2D eigenvalue weighted by molar-refractivity contribution is -0.136.